The van der Waals surface area contributed by atoms with Gasteiger partial charge in [0, 0.05) is 0 Å². The second-order valence-corrected chi connectivity index (χ2v) is 4.56. The van der Waals surface area contributed by atoms with Crippen LogP contribution in [0.5, 0.6) is 5.75 Å². The van der Waals surface area contributed by atoms with Crippen molar-refractivity contribution in [2.75, 3.05) is 6.54 Å². The zero-order valence-corrected chi connectivity index (χ0v) is 11.7. The average molecular weight is 299 g/mol. The molecule has 0 saturated heterocycles. The van der Waals surface area contributed by atoms with Crippen LogP contribution in [0, 0.1) is 6.92 Å². The zero-order chi connectivity index (χ0) is 15.5. The number of rotatable bonds is 5. The van der Waals surface area contributed by atoms with Gasteiger partial charge < -0.3 is 14.5 Å². The summed E-state index contributed by atoms with van der Waals surface area (Å²) in [5, 5.41) is 3.19. The third-order valence-electron chi connectivity index (χ3n) is 2.88. The van der Waals surface area contributed by atoms with E-state index in [9.17, 15) is 13.2 Å². The van der Waals surface area contributed by atoms with Gasteiger partial charge in [-0.25, -0.2) is 0 Å². The first-order chi connectivity index (χ1) is 9.89. The summed E-state index contributed by atoms with van der Waals surface area (Å²) in [7, 11) is 0. The van der Waals surface area contributed by atoms with Crippen LogP contribution < -0.4 is 10.1 Å². The topological polar surface area (TPSA) is 34.4 Å². The molecule has 0 amide bonds. The van der Waals surface area contributed by atoms with Crippen LogP contribution >= 0.6 is 0 Å². The maximum absolute atomic E-state index is 12.3. The molecule has 0 bridgehead atoms. The van der Waals surface area contributed by atoms with Crippen LogP contribution in [-0.2, 0) is 0 Å². The Morgan fingerprint density at radius 2 is 2.00 bits per heavy atom. The number of nitrogens with one attached hydrogen (secondary N) is 1. The van der Waals surface area contributed by atoms with E-state index in [0.29, 0.717) is 17.9 Å². The minimum absolute atomic E-state index is 0.244. The quantitative estimate of drug-likeness (QED) is 0.899. The molecule has 0 spiro atoms. The van der Waals surface area contributed by atoms with Crippen molar-refractivity contribution in [2.24, 2.45) is 0 Å². The van der Waals surface area contributed by atoms with E-state index >= 15 is 0 Å². The molecule has 1 heterocycles. The smallest absolute Gasteiger partial charge is 0.464 e. The summed E-state index contributed by atoms with van der Waals surface area (Å²) in [5.41, 5.74) is 0.646. The maximum atomic E-state index is 12.3. The second kappa shape index (κ2) is 6.22. The SMILES string of the molecule is CCNC(c1cccc(OC(F)(F)F)c1)c1ccc(C)o1. The number of halogens is 3. The van der Waals surface area contributed by atoms with Crippen molar-refractivity contribution in [1.29, 1.82) is 0 Å². The van der Waals surface area contributed by atoms with E-state index in [4.69, 9.17) is 4.42 Å². The molecular formula is C15H16F3NO2. The maximum Gasteiger partial charge on any atom is 0.573 e. The number of furan rings is 1. The monoisotopic (exact) mass is 299 g/mol. The van der Waals surface area contributed by atoms with E-state index in [2.05, 4.69) is 10.1 Å². The minimum atomic E-state index is -4.70. The molecule has 0 aliphatic rings. The largest absolute Gasteiger partial charge is 0.573 e. The highest BCUT2D eigenvalue weighted by molar-refractivity contribution is 5.34. The molecule has 1 N–H and O–H groups in total. The summed E-state index contributed by atoms with van der Waals surface area (Å²) in [4.78, 5) is 0. The van der Waals surface area contributed by atoms with Gasteiger partial charge in [-0.2, -0.15) is 0 Å². The molecule has 0 aliphatic heterocycles. The second-order valence-electron chi connectivity index (χ2n) is 4.56. The number of aryl methyl sites for hydroxylation is 1. The van der Waals surface area contributed by atoms with E-state index in [1.54, 1.807) is 12.1 Å². The third kappa shape index (κ3) is 4.26. The third-order valence-corrected chi connectivity index (χ3v) is 2.88. The van der Waals surface area contributed by atoms with E-state index in [1.165, 1.54) is 18.2 Å². The first-order valence-corrected chi connectivity index (χ1v) is 6.54. The fraction of sp³-hybridized carbons (Fsp3) is 0.333. The molecule has 0 aliphatic carbocycles. The fourth-order valence-electron chi connectivity index (χ4n) is 2.09. The zero-order valence-electron chi connectivity index (χ0n) is 11.7. The average Bonchev–Trinajstić information content (AvgIpc) is 2.80. The van der Waals surface area contributed by atoms with Crippen LogP contribution in [0.15, 0.2) is 40.8 Å². The highest BCUT2D eigenvalue weighted by Gasteiger charge is 2.31. The molecule has 0 fully saturated rings. The van der Waals surface area contributed by atoms with Crippen LogP contribution in [0.3, 0.4) is 0 Å². The van der Waals surface area contributed by atoms with E-state index in [-0.39, 0.29) is 11.8 Å². The first kappa shape index (κ1) is 15.4. The van der Waals surface area contributed by atoms with Gasteiger partial charge >= 0.3 is 6.36 Å². The van der Waals surface area contributed by atoms with E-state index in [1.807, 2.05) is 19.9 Å². The van der Waals surface area contributed by atoms with Gasteiger partial charge in [0.15, 0.2) is 0 Å². The van der Waals surface area contributed by atoms with Gasteiger partial charge in [0.05, 0.1) is 6.04 Å². The van der Waals surface area contributed by atoms with Crippen LogP contribution in [0.2, 0.25) is 0 Å². The normalized spacial score (nSPS) is 13.2. The Labute approximate surface area is 120 Å². The van der Waals surface area contributed by atoms with Crippen molar-refractivity contribution in [3.8, 4) is 5.75 Å². The number of ether oxygens (including phenoxy) is 1. The molecule has 3 nitrogen and oxygen atoms in total. The van der Waals surface area contributed by atoms with Crippen molar-refractivity contribution >= 4 is 0 Å². The number of benzene rings is 1. The molecular weight excluding hydrogens is 283 g/mol. The highest BCUT2D eigenvalue weighted by atomic mass is 19.4. The first-order valence-electron chi connectivity index (χ1n) is 6.54. The van der Waals surface area contributed by atoms with Crippen molar-refractivity contribution < 1.29 is 22.3 Å². The Bertz CT molecular complexity index is 593. The number of hydrogen-bond acceptors (Lipinski definition) is 3. The lowest BCUT2D eigenvalue weighted by Gasteiger charge is -2.17. The standard InChI is InChI=1S/C15H16F3NO2/c1-3-19-14(13-8-7-10(2)20-13)11-5-4-6-12(9-11)21-15(16,17)18/h4-9,14,19H,3H2,1-2H3. The number of hydrogen-bond donors (Lipinski definition) is 1. The van der Waals surface area contributed by atoms with Crippen LogP contribution in [0.25, 0.3) is 0 Å². The van der Waals surface area contributed by atoms with Gasteiger partial charge in [0.25, 0.3) is 0 Å². The van der Waals surface area contributed by atoms with Crippen molar-refractivity contribution in [3.05, 3.63) is 53.5 Å². The van der Waals surface area contributed by atoms with Crippen LogP contribution in [0.1, 0.15) is 30.0 Å². The Morgan fingerprint density at radius 1 is 1.24 bits per heavy atom. The Kier molecular flexibility index (Phi) is 4.57. The molecule has 6 heteroatoms. The number of alkyl halides is 3. The summed E-state index contributed by atoms with van der Waals surface area (Å²) < 4.78 is 46.4. The van der Waals surface area contributed by atoms with Gasteiger partial charge in [0.2, 0.25) is 0 Å². The molecule has 2 rings (SSSR count). The minimum Gasteiger partial charge on any atom is -0.464 e. The molecule has 1 unspecified atom stereocenters. The van der Waals surface area contributed by atoms with Gasteiger partial charge in [-0.15, -0.1) is 13.2 Å². The molecule has 1 aromatic carbocycles. The van der Waals surface area contributed by atoms with E-state index < -0.39 is 6.36 Å². The summed E-state index contributed by atoms with van der Waals surface area (Å²) in [6, 6.07) is 9.19. The van der Waals surface area contributed by atoms with Crippen LogP contribution in [-0.4, -0.2) is 12.9 Å². The van der Waals surface area contributed by atoms with Crippen LogP contribution in [0.4, 0.5) is 13.2 Å². The van der Waals surface area contributed by atoms with Gasteiger partial charge in [-0.1, -0.05) is 19.1 Å². The summed E-state index contributed by atoms with van der Waals surface area (Å²) >= 11 is 0. The highest BCUT2D eigenvalue weighted by Crippen LogP contribution is 2.29. The fourth-order valence-corrected chi connectivity index (χ4v) is 2.09. The Balaban J connectivity index is 2.30. The van der Waals surface area contributed by atoms with Gasteiger partial charge in [-0.05, 0) is 43.3 Å². The molecule has 1 atom stereocenters. The predicted molar refractivity (Wildman–Crippen MR) is 72.1 cm³/mol. The van der Waals surface area contributed by atoms with Gasteiger partial charge in [0.1, 0.15) is 17.3 Å². The molecule has 0 radical (unpaired) electrons. The Hall–Kier alpha value is -1.95. The Morgan fingerprint density at radius 3 is 2.57 bits per heavy atom. The molecule has 1 aromatic heterocycles. The van der Waals surface area contributed by atoms with E-state index in [0.717, 1.165) is 5.76 Å². The summed E-state index contributed by atoms with van der Waals surface area (Å²) in [5.74, 6) is 1.15. The lowest BCUT2D eigenvalue weighted by Crippen LogP contribution is -2.22. The lowest BCUT2D eigenvalue weighted by molar-refractivity contribution is -0.274. The summed E-state index contributed by atoms with van der Waals surface area (Å²) in [6.07, 6.45) is -4.70. The van der Waals surface area contributed by atoms with Crippen molar-refractivity contribution in [1.82, 2.24) is 5.32 Å². The molecule has 2 aromatic rings. The van der Waals surface area contributed by atoms with Crippen molar-refractivity contribution in [2.45, 2.75) is 26.3 Å². The molecule has 114 valence electrons. The summed E-state index contributed by atoms with van der Waals surface area (Å²) in [6.45, 7) is 4.38. The molecule has 21 heavy (non-hydrogen) atoms. The molecule has 0 saturated carbocycles. The van der Waals surface area contributed by atoms with Gasteiger partial charge in [-0.3, -0.25) is 0 Å². The van der Waals surface area contributed by atoms with Crippen molar-refractivity contribution in [3.63, 3.8) is 0 Å². The lowest BCUT2D eigenvalue weighted by atomic mass is 10.0. The predicted octanol–water partition coefficient (Wildman–Crippen LogP) is 4.19.